The van der Waals surface area contributed by atoms with E-state index in [4.69, 9.17) is 5.26 Å². The number of hydrogen-bond acceptors (Lipinski definition) is 4. The molecule has 0 radical (unpaired) electrons. The average Bonchev–Trinajstić information content (AvgIpc) is 2.03. The van der Waals surface area contributed by atoms with E-state index in [0.717, 1.165) is 12.4 Å². The summed E-state index contributed by atoms with van der Waals surface area (Å²) in [5.74, 6) is -0.980. The third kappa shape index (κ3) is 1.20. The summed E-state index contributed by atoms with van der Waals surface area (Å²) in [7, 11) is 0. The number of nitrogens with zero attached hydrogens (tertiary/aromatic N) is 3. The number of nitro groups is 1. The lowest BCUT2D eigenvalue weighted by Crippen LogP contribution is -1.96. The van der Waals surface area contributed by atoms with E-state index in [9.17, 15) is 14.5 Å². The number of halogens is 1. The summed E-state index contributed by atoms with van der Waals surface area (Å²) in [4.78, 5) is 12.6. The van der Waals surface area contributed by atoms with Gasteiger partial charge in [0.25, 0.3) is 0 Å². The Hall–Kier alpha value is -2.03. The number of nitriles is 1. The molecule has 0 aromatic carbocycles. The van der Waals surface area contributed by atoms with Crippen molar-refractivity contribution in [2.75, 3.05) is 0 Å². The minimum absolute atomic E-state index is 0.588. The van der Waals surface area contributed by atoms with Crippen LogP contribution in [0.4, 0.5) is 10.1 Å². The highest BCUT2D eigenvalue weighted by Gasteiger charge is 2.17. The maximum Gasteiger partial charge on any atom is 0.308 e. The zero-order valence-electron chi connectivity index (χ0n) is 5.69. The Kier molecular flexibility index (Phi) is 1.96. The predicted octanol–water partition coefficient (Wildman–Crippen LogP) is 1.00. The maximum atomic E-state index is 12.6. The second-order valence-electron chi connectivity index (χ2n) is 1.88. The first-order valence-corrected chi connectivity index (χ1v) is 2.85. The molecular formula is C6H2FN3O2. The molecule has 0 atom stereocenters. The number of aromatic nitrogens is 1. The van der Waals surface area contributed by atoms with Crippen molar-refractivity contribution in [3.8, 4) is 6.07 Å². The molecule has 60 valence electrons. The summed E-state index contributed by atoms with van der Waals surface area (Å²) in [6, 6.07) is 1.39. The van der Waals surface area contributed by atoms with Crippen molar-refractivity contribution in [1.29, 1.82) is 5.26 Å². The van der Waals surface area contributed by atoms with E-state index in [1.807, 2.05) is 0 Å². The Morgan fingerprint density at radius 1 is 1.67 bits per heavy atom. The molecule has 5 nitrogen and oxygen atoms in total. The van der Waals surface area contributed by atoms with E-state index < -0.39 is 22.0 Å². The van der Waals surface area contributed by atoms with Crippen molar-refractivity contribution in [1.82, 2.24) is 4.98 Å². The molecule has 0 unspecified atom stereocenters. The predicted molar refractivity (Wildman–Crippen MR) is 35.6 cm³/mol. The lowest BCUT2D eigenvalue weighted by Gasteiger charge is -1.93. The van der Waals surface area contributed by atoms with E-state index in [0.29, 0.717) is 0 Å². The summed E-state index contributed by atoms with van der Waals surface area (Å²) >= 11 is 0. The molecule has 1 aromatic rings. The van der Waals surface area contributed by atoms with Crippen LogP contribution in [0.3, 0.4) is 0 Å². The van der Waals surface area contributed by atoms with E-state index >= 15 is 0 Å². The highest BCUT2D eigenvalue weighted by molar-refractivity contribution is 5.46. The third-order valence-corrected chi connectivity index (χ3v) is 1.19. The van der Waals surface area contributed by atoms with Crippen LogP contribution in [0.1, 0.15) is 5.56 Å². The normalized spacial score (nSPS) is 9.00. The molecule has 0 aliphatic rings. The van der Waals surface area contributed by atoms with Crippen LogP contribution in [0.5, 0.6) is 0 Å². The van der Waals surface area contributed by atoms with E-state index in [1.54, 1.807) is 0 Å². The van der Waals surface area contributed by atoms with Crippen molar-refractivity contribution in [3.05, 3.63) is 33.9 Å². The standard InChI is InChI=1S/C6H2FN3O2/c7-5-2-9-3-6(10(11)12)4(5)1-8/h2-3H. The monoisotopic (exact) mass is 167 g/mol. The molecule has 12 heavy (non-hydrogen) atoms. The molecule has 0 bridgehead atoms. The molecule has 1 heterocycles. The van der Waals surface area contributed by atoms with Gasteiger partial charge in [-0.25, -0.2) is 4.39 Å². The van der Waals surface area contributed by atoms with Gasteiger partial charge in [-0.2, -0.15) is 5.26 Å². The second kappa shape index (κ2) is 2.92. The summed E-state index contributed by atoms with van der Waals surface area (Å²) in [5, 5.41) is 18.5. The molecule has 0 spiro atoms. The van der Waals surface area contributed by atoms with Gasteiger partial charge < -0.3 is 0 Å². The van der Waals surface area contributed by atoms with Crippen LogP contribution in [0.2, 0.25) is 0 Å². The number of pyridine rings is 1. The Morgan fingerprint density at radius 3 is 2.75 bits per heavy atom. The molecule has 0 aliphatic carbocycles. The molecule has 6 heteroatoms. The molecule has 0 N–H and O–H groups in total. The Bertz CT molecular complexity index is 372. The van der Waals surface area contributed by atoms with Gasteiger partial charge in [-0.1, -0.05) is 0 Å². The highest BCUT2D eigenvalue weighted by atomic mass is 19.1. The smallest absolute Gasteiger partial charge is 0.258 e. The average molecular weight is 167 g/mol. The largest absolute Gasteiger partial charge is 0.308 e. The van der Waals surface area contributed by atoms with Gasteiger partial charge in [0.1, 0.15) is 12.3 Å². The fourth-order valence-corrected chi connectivity index (χ4v) is 0.674. The third-order valence-electron chi connectivity index (χ3n) is 1.19. The quantitative estimate of drug-likeness (QED) is 0.461. The van der Waals surface area contributed by atoms with Crippen LogP contribution >= 0.6 is 0 Å². The molecule has 0 fully saturated rings. The first-order chi connectivity index (χ1) is 5.66. The van der Waals surface area contributed by atoms with Gasteiger partial charge in [-0.15, -0.1) is 0 Å². The Morgan fingerprint density at radius 2 is 2.33 bits per heavy atom. The maximum absolute atomic E-state index is 12.6. The van der Waals surface area contributed by atoms with Crippen LogP contribution in [-0.4, -0.2) is 9.91 Å². The summed E-state index contributed by atoms with van der Waals surface area (Å²) in [5.41, 5.74) is -1.20. The fraction of sp³-hybridized carbons (Fsp3) is 0. The molecule has 1 rings (SSSR count). The molecule has 0 aliphatic heterocycles. The van der Waals surface area contributed by atoms with Crippen LogP contribution in [0.15, 0.2) is 12.4 Å². The van der Waals surface area contributed by atoms with Crippen molar-refractivity contribution in [2.45, 2.75) is 0 Å². The Balaban J connectivity index is 3.40. The topological polar surface area (TPSA) is 79.8 Å². The first kappa shape index (κ1) is 8.07. The van der Waals surface area contributed by atoms with Crippen LogP contribution in [0.25, 0.3) is 0 Å². The van der Waals surface area contributed by atoms with Crippen molar-refractivity contribution in [3.63, 3.8) is 0 Å². The van der Waals surface area contributed by atoms with Crippen LogP contribution < -0.4 is 0 Å². The number of rotatable bonds is 1. The lowest BCUT2D eigenvalue weighted by atomic mass is 10.2. The van der Waals surface area contributed by atoms with E-state index in [2.05, 4.69) is 4.98 Å². The molecule has 0 saturated carbocycles. The highest BCUT2D eigenvalue weighted by Crippen LogP contribution is 2.17. The number of hydrogen-bond donors (Lipinski definition) is 0. The van der Waals surface area contributed by atoms with E-state index in [1.165, 1.54) is 6.07 Å². The molecular weight excluding hydrogens is 165 g/mol. The molecule has 0 saturated heterocycles. The molecule has 0 amide bonds. The molecule has 1 aromatic heterocycles. The van der Waals surface area contributed by atoms with Crippen LogP contribution in [0, 0.1) is 27.3 Å². The zero-order chi connectivity index (χ0) is 9.14. The van der Waals surface area contributed by atoms with Gasteiger partial charge in [0.15, 0.2) is 11.4 Å². The van der Waals surface area contributed by atoms with Gasteiger partial charge in [0.2, 0.25) is 0 Å². The summed E-state index contributed by atoms with van der Waals surface area (Å²) in [6.07, 6.45) is 1.59. The van der Waals surface area contributed by atoms with Gasteiger partial charge in [0.05, 0.1) is 11.1 Å². The van der Waals surface area contributed by atoms with E-state index in [-0.39, 0.29) is 0 Å². The fourth-order valence-electron chi connectivity index (χ4n) is 0.674. The van der Waals surface area contributed by atoms with Gasteiger partial charge in [-0.05, 0) is 0 Å². The van der Waals surface area contributed by atoms with Gasteiger partial charge in [0, 0.05) is 0 Å². The SMILES string of the molecule is N#Cc1c(F)cncc1[N+](=O)[O-]. The summed E-state index contributed by atoms with van der Waals surface area (Å²) < 4.78 is 12.6. The van der Waals surface area contributed by atoms with Gasteiger partial charge in [-0.3, -0.25) is 15.1 Å². The lowest BCUT2D eigenvalue weighted by molar-refractivity contribution is -0.385. The second-order valence-corrected chi connectivity index (χ2v) is 1.88. The van der Waals surface area contributed by atoms with Crippen LogP contribution in [-0.2, 0) is 0 Å². The zero-order valence-corrected chi connectivity index (χ0v) is 5.69. The van der Waals surface area contributed by atoms with Crippen molar-refractivity contribution >= 4 is 5.69 Å². The first-order valence-electron chi connectivity index (χ1n) is 2.85. The van der Waals surface area contributed by atoms with Crippen molar-refractivity contribution in [2.24, 2.45) is 0 Å². The van der Waals surface area contributed by atoms with Gasteiger partial charge >= 0.3 is 5.69 Å². The minimum atomic E-state index is -0.980. The minimum Gasteiger partial charge on any atom is -0.258 e. The Labute approximate surface area is 66.2 Å². The summed E-state index contributed by atoms with van der Waals surface area (Å²) in [6.45, 7) is 0. The van der Waals surface area contributed by atoms with Crippen molar-refractivity contribution < 1.29 is 9.31 Å².